The lowest BCUT2D eigenvalue weighted by Crippen LogP contribution is -2.26. The standard InChI is InChI=1S/C7H10ClN5O/c1-12-10-7(9-11-12)13-4-5(3-8)2-6(13)14/h5H,2-4H2,1H3. The molecule has 0 saturated carbocycles. The topological polar surface area (TPSA) is 63.9 Å². The highest BCUT2D eigenvalue weighted by Gasteiger charge is 2.32. The van der Waals surface area contributed by atoms with Gasteiger partial charge in [-0.15, -0.1) is 16.7 Å². The number of halogens is 1. The van der Waals surface area contributed by atoms with Crippen LogP contribution in [0.15, 0.2) is 0 Å². The summed E-state index contributed by atoms with van der Waals surface area (Å²) in [5, 5.41) is 11.4. The van der Waals surface area contributed by atoms with Gasteiger partial charge < -0.3 is 0 Å². The van der Waals surface area contributed by atoms with Gasteiger partial charge in [0.1, 0.15) is 0 Å². The first-order valence-corrected chi connectivity index (χ1v) is 4.84. The minimum absolute atomic E-state index is 0.0173. The van der Waals surface area contributed by atoms with Crippen LogP contribution in [-0.2, 0) is 11.8 Å². The van der Waals surface area contributed by atoms with Crippen molar-refractivity contribution in [1.29, 1.82) is 0 Å². The summed E-state index contributed by atoms with van der Waals surface area (Å²) in [4.78, 5) is 14.4. The van der Waals surface area contributed by atoms with Crippen molar-refractivity contribution < 1.29 is 4.79 Å². The van der Waals surface area contributed by atoms with Crippen LogP contribution in [0.1, 0.15) is 6.42 Å². The van der Waals surface area contributed by atoms with Crippen LogP contribution in [0.25, 0.3) is 0 Å². The number of alkyl halides is 1. The van der Waals surface area contributed by atoms with Gasteiger partial charge in [-0.05, 0) is 11.1 Å². The smallest absolute Gasteiger partial charge is 0.272 e. The Bertz CT molecular complexity index is 352. The summed E-state index contributed by atoms with van der Waals surface area (Å²) in [6.07, 6.45) is 0.474. The van der Waals surface area contributed by atoms with E-state index < -0.39 is 0 Å². The van der Waals surface area contributed by atoms with E-state index in [-0.39, 0.29) is 11.8 Å². The Hall–Kier alpha value is -1.17. The van der Waals surface area contributed by atoms with E-state index in [1.807, 2.05) is 0 Å². The van der Waals surface area contributed by atoms with Crippen LogP contribution >= 0.6 is 11.6 Å². The molecule has 1 aliphatic heterocycles. The number of aryl methyl sites for hydroxylation is 1. The average molecular weight is 216 g/mol. The van der Waals surface area contributed by atoms with Gasteiger partial charge in [-0.1, -0.05) is 5.10 Å². The lowest BCUT2D eigenvalue weighted by molar-refractivity contribution is -0.117. The first-order valence-electron chi connectivity index (χ1n) is 4.31. The SMILES string of the molecule is Cn1nnc(N2CC(CCl)CC2=O)n1. The highest BCUT2D eigenvalue weighted by atomic mass is 35.5. The number of anilines is 1. The summed E-state index contributed by atoms with van der Waals surface area (Å²) in [6.45, 7) is 0.591. The molecule has 76 valence electrons. The fourth-order valence-corrected chi connectivity index (χ4v) is 1.67. The highest BCUT2D eigenvalue weighted by Crippen LogP contribution is 2.21. The molecule has 0 radical (unpaired) electrons. The van der Waals surface area contributed by atoms with E-state index in [1.165, 1.54) is 9.70 Å². The van der Waals surface area contributed by atoms with Crippen molar-refractivity contribution in [2.45, 2.75) is 6.42 Å². The van der Waals surface area contributed by atoms with Crippen molar-refractivity contribution >= 4 is 23.5 Å². The number of amides is 1. The maximum atomic E-state index is 11.5. The van der Waals surface area contributed by atoms with Crippen LogP contribution in [0.3, 0.4) is 0 Å². The average Bonchev–Trinajstić information content (AvgIpc) is 2.71. The number of nitrogens with zero attached hydrogens (tertiary/aromatic N) is 5. The molecule has 1 unspecified atom stereocenters. The minimum atomic E-state index is 0.0173. The van der Waals surface area contributed by atoms with Gasteiger partial charge in [0.25, 0.3) is 5.95 Å². The number of rotatable bonds is 2. The Morgan fingerprint density at radius 3 is 2.93 bits per heavy atom. The van der Waals surface area contributed by atoms with Gasteiger partial charge in [-0.3, -0.25) is 9.69 Å². The summed E-state index contributed by atoms with van der Waals surface area (Å²) in [6, 6.07) is 0. The summed E-state index contributed by atoms with van der Waals surface area (Å²) >= 11 is 5.69. The van der Waals surface area contributed by atoms with Gasteiger partial charge in [0, 0.05) is 18.8 Å². The van der Waals surface area contributed by atoms with E-state index in [4.69, 9.17) is 11.6 Å². The minimum Gasteiger partial charge on any atom is -0.278 e. The number of hydrogen-bond acceptors (Lipinski definition) is 4. The van der Waals surface area contributed by atoms with E-state index in [0.717, 1.165) is 0 Å². The molecular formula is C7H10ClN5O. The van der Waals surface area contributed by atoms with Gasteiger partial charge in [-0.2, -0.15) is 4.80 Å². The summed E-state index contributed by atoms with van der Waals surface area (Å²) in [7, 11) is 1.66. The zero-order chi connectivity index (χ0) is 10.1. The molecule has 1 saturated heterocycles. The third-order valence-electron chi connectivity index (χ3n) is 2.16. The molecule has 1 fully saturated rings. The lowest BCUT2D eigenvalue weighted by atomic mass is 10.2. The highest BCUT2D eigenvalue weighted by molar-refractivity contribution is 6.18. The second-order valence-electron chi connectivity index (χ2n) is 3.31. The number of aromatic nitrogens is 4. The van der Waals surface area contributed by atoms with Crippen molar-refractivity contribution in [3.63, 3.8) is 0 Å². The second kappa shape index (κ2) is 3.53. The molecule has 1 aliphatic rings. The Labute approximate surface area is 85.8 Å². The normalized spacial score (nSPS) is 22.0. The fraction of sp³-hybridized carbons (Fsp3) is 0.714. The molecule has 6 nitrogen and oxygen atoms in total. The Balaban J connectivity index is 2.16. The fourth-order valence-electron chi connectivity index (χ4n) is 1.46. The molecule has 0 bridgehead atoms. The number of tetrazole rings is 1. The molecule has 0 N–H and O–H groups in total. The van der Waals surface area contributed by atoms with Crippen LogP contribution in [-0.4, -0.2) is 38.5 Å². The third kappa shape index (κ3) is 1.57. The van der Waals surface area contributed by atoms with Crippen LogP contribution in [0.4, 0.5) is 5.95 Å². The zero-order valence-corrected chi connectivity index (χ0v) is 8.48. The van der Waals surface area contributed by atoms with Crippen molar-refractivity contribution in [2.24, 2.45) is 13.0 Å². The predicted octanol–water partition coefficient (Wildman–Crippen LogP) is -0.198. The van der Waals surface area contributed by atoms with E-state index in [2.05, 4.69) is 15.4 Å². The molecule has 0 aromatic carbocycles. The van der Waals surface area contributed by atoms with E-state index >= 15 is 0 Å². The number of hydrogen-bond donors (Lipinski definition) is 0. The summed E-state index contributed by atoms with van der Waals surface area (Å²) in [5.41, 5.74) is 0. The quantitative estimate of drug-likeness (QED) is 0.641. The first kappa shape index (κ1) is 9.39. The molecular weight excluding hydrogens is 206 g/mol. The molecule has 7 heteroatoms. The van der Waals surface area contributed by atoms with Crippen molar-refractivity contribution in [2.75, 3.05) is 17.3 Å². The van der Waals surface area contributed by atoms with E-state index in [9.17, 15) is 4.79 Å². The van der Waals surface area contributed by atoms with Gasteiger partial charge in [0.15, 0.2) is 0 Å². The zero-order valence-electron chi connectivity index (χ0n) is 7.72. The van der Waals surface area contributed by atoms with E-state index in [0.29, 0.717) is 24.8 Å². The molecule has 0 aliphatic carbocycles. The van der Waals surface area contributed by atoms with Crippen LogP contribution in [0.2, 0.25) is 0 Å². The Kier molecular flexibility index (Phi) is 2.37. The third-order valence-corrected chi connectivity index (χ3v) is 2.60. The molecule has 14 heavy (non-hydrogen) atoms. The molecule has 2 heterocycles. The Morgan fingerprint density at radius 1 is 1.64 bits per heavy atom. The molecule has 0 spiro atoms. The molecule has 1 amide bonds. The van der Waals surface area contributed by atoms with Crippen LogP contribution < -0.4 is 4.90 Å². The van der Waals surface area contributed by atoms with E-state index in [1.54, 1.807) is 7.05 Å². The van der Waals surface area contributed by atoms with Crippen LogP contribution in [0.5, 0.6) is 0 Å². The molecule has 2 rings (SSSR count). The lowest BCUT2D eigenvalue weighted by Gasteiger charge is -2.09. The maximum Gasteiger partial charge on any atom is 0.272 e. The first-order chi connectivity index (χ1) is 6.70. The summed E-state index contributed by atoms with van der Waals surface area (Å²) in [5.74, 6) is 1.07. The van der Waals surface area contributed by atoms with Gasteiger partial charge in [0.05, 0.1) is 7.05 Å². The number of carbonyl (C=O) groups excluding carboxylic acids is 1. The van der Waals surface area contributed by atoms with Crippen LogP contribution in [0, 0.1) is 5.92 Å². The van der Waals surface area contributed by atoms with Crippen molar-refractivity contribution in [3.8, 4) is 0 Å². The number of carbonyl (C=O) groups is 1. The molecule has 1 aromatic rings. The maximum absolute atomic E-state index is 11.5. The van der Waals surface area contributed by atoms with Crippen molar-refractivity contribution in [3.05, 3.63) is 0 Å². The largest absolute Gasteiger partial charge is 0.278 e. The second-order valence-corrected chi connectivity index (χ2v) is 3.62. The summed E-state index contributed by atoms with van der Waals surface area (Å²) < 4.78 is 0. The van der Waals surface area contributed by atoms with Crippen molar-refractivity contribution in [1.82, 2.24) is 20.2 Å². The van der Waals surface area contributed by atoms with Gasteiger partial charge >= 0.3 is 0 Å². The molecule has 1 atom stereocenters. The van der Waals surface area contributed by atoms with Gasteiger partial charge in [-0.25, -0.2) is 0 Å². The van der Waals surface area contributed by atoms with Gasteiger partial charge in [0.2, 0.25) is 5.91 Å². The monoisotopic (exact) mass is 215 g/mol. The molecule has 1 aromatic heterocycles. The Morgan fingerprint density at radius 2 is 2.43 bits per heavy atom. The predicted molar refractivity (Wildman–Crippen MR) is 50.0 cm³/mol.